The summed E-state index contributed by atoms with van der Waals surface area (Å²) >= 11 is 1.30. The molecule has 0 amide bonds. The van der Waals surface area contributed by atoms with Crippen LogP contribution in [0.1, 0.15) is 36.1 Å². The van der Waals surface area contributed by atoms with Crippen molar-refractivity contribution in [2.45, 2.75) is 49.8 Å². The molecule has 1 aliphatic heterocycles. The third-order valence-electron chi connectivity index (χ3n) is 7.84. The van der Waals surface area contributed by atoms with E-state index in [1.807, 2.05) is 13.0 Å². The lowest BCUT2D eigenvalue weighted by atomic mass is 9.86. The molecule has 4 heterocycles. The molecule has 0 spiro atoms. The van der Waals surface area contributed by atoms with Crippen LogP contribution in [-0.2, 0) is 14.8 Å². The summed E-state index contributed by atoms with van der Waals surface area (Å²) in [7, 11) is -3.45. The van der Waals surface area contributed by atoms with E-state index in [9.17, 15) is 8.42 Å². The zero-order valence-electron chi connectivity index (χ0n) is 23.3. The Labute approximate surface area is 244 Å². The summed E-state index contributed by atoms with van der Waals surface area (Å²) in [6.45, 7) is 7.75. The third kappa shape index (κ3) is 6.48. The van der Waals surface area contributed by atoms with Crippen LogP contribution >= 0.6 is 11.3 Å². The zero-order chi connectivity index (χ0) is 28.4. The number of H-pyrrole nitrogens is 1. The van der Waals surface area contributed by atoms with E-state index in [1.165, 1.54) is 17.0 Å². The molecule has 2 aliphatic rings. The molecule has 3 aromatic heterocycles. The lowest BCUT2D eigenvalue weighted by Crippen LogP contribution is -2.36. The number of nitrogens with one attached hydrogen (secondary N) is 4. The number of aromatic amines is 1. The van der Waals surface area contributed by atoms with Crippen LogP contribution in [0.25, 0.3) is 11.2 Å². The minimum atomic E-state index is -3.45. The van der Waals surface area contributed by atoms with Crippen molar-refractivity contribution in [2.75, 3.05) is 48.4 Å². The van der Waals surface area contributed by atoms with Crippen LogP contribution in [0.4, 0.5) is 23.1 Å². The number of nitrogens with zero attached hydrogens (tertiary/aromatic N) is 4. The number of thiophene rings is 1. The number of imidazole rings is 1. The van der Waals surface area contributed by atoms with E-state index in [-0.39, 0.29) is 6.04 Å². The van der Waals surface area contributed by atoms with Crippen molar-refractivity contribution in [3.05, 3.63) is 47.1 Å². The molecule has 2 fully saturated rings. The maximum Gasteiger partial charge on any atom is 0.250 e. The van der Waals surface area contributed by atoms with Crippen molar-refractivity contribution in [1.29, 1.82) is 0 Å². The molecule has 11 nitrogen and oxygen atoms in total. The summed E-state index contributed by atoms with van der Waals surface area (Å²) in [5.41, 5.74) is 4.62. The maximum absolute atomic E-state index is 12.6. The molecule has 1 saturated carbocycles. The first kappa shape index (κ1) is 27.9. The molecule has 6 rings (SSSR count). The average Bonchev–Trinajstić information content (AvgIpc) is 3.64. The lowest BCUT2D eigenvalue weighted by Gasteiger charge is -2.29. The first-order valence-electron chi connectivity index (χ1n) is 14.1. The maximum atomic E-state index is 12.6. The van der Waals surface area contributed by atoms with Crippen LogP contribution in [0.5, 0.6) is 0 Å². The molecule has 0 atom stereocenters. The van der Waals surface area contributed by atoms with Crippen molar-refractivity contribution in [3.8, 4) is 0 Å². The molecule has 1 aliphatic carbocycles. The quantitative estimate of drug-likeness (QED) is 0.219. The van der Waals surface area contributed by atoms with Gasteiger partial charge in [0.05, 0.1) is 19.5 Å². The van der Waals surface area contributed by atoms with Crippen LogP contribution in [0.2, 0.25) is 0 Å². The van der Waals surface area contributed by atoms with Gasteiger partial charge in [-0.05, 0) is 81.3 Å². The zero-order valence-corrected chi connectivity index (χ0v) is 24.9. The predicted molar refractivity (Wildman–Crippen MR) is 163 cm³/mol. The van der Waals surface area contributed by atoms with Gasteiger partial charge in [0.1, 0.15) is 9.73 Å². The van der Waals surface area contributed by atoms with Gasteiger partial charge in [-0.25, -0.2) is 18.1 Å². The van der Waals surface area contributed by atoms with Gasteiger partial charge in [0.2, 0.25) is 16.0 Å². The highest BCUT2D eigenvalue weighted by atomic mass is 32.2. The van der Waals surface area contributed by atoms with Crippen LogP contribution in [-0.4, -0.2) is 67.2 Å². The van der Waals surface area contributed by atoms with E-state index in [0.29, 0.717) is 39.6 Å². The first-order valence-corrected chi connectivity index (χ1v) is 16.4. The predicted octanol–water partition coefficient (Wildman–Crippen LogP) is 4.56. The Kier molecular flexibility index (Phi) is 8.11. The highest BCUT2D eigenvalue weighted by molar-refractivity contribution is 7.91. The SMILES string of the molecule is Cc1ccc(S(=O)(=O)NC[C@H]2CC[C@H](Nc3nc(Nc4ccc(N5CCOCC5)cc4C)nc4[nH]cnc34)CC2)s1. The van der Waals surface area contributed by atoms with Crippen molar-refractivity contribution < 1.29 is 13.2 Å². The molecule has 13 heteroatoms. The van der Waals surface area contributed by atoms with Gasteiger partial charge < -0.3 is 25.3 Å². The molecule has 218 valence electrons. The molecular weight excluding hydrogens is 560 g/mol. The Hall–Kier alpha value is -3.26. The Morgan fingerprint density at radius 1 is 1.07 bits per heavy atom. The number of ether oxygens (including phenoxy) is 1. The van der Waals surface area contributed by atoms with Gasteiger partial charge in [-0.3, -0.25) is 0 Å². The van der Waals surface area contributed by atoms with E-state index < -0.39 is 10.0 Å². The number of hydrogen-bond donors (Lipinski definition) is 4. The average molecular weight is 597 g/mol. The number of sulfonamides is 1. The topological polar surface area (TPSA) is 137 Å². The minimum absolute atomic E-state index is 0.222. The number of fused-ring (bicyclic) bond motifs is 1. The van der Waals surface area contributed by atoms with E-state index in [4.69, 9.17) is 9.72 Å². The second kappa shape index (κ2) is 11.9. The molecule has 0 bridgehead atoms. The van der Waals surface area contributed by atoms with Gasteiger partial charge in [-0.2, -0.15) is 9.97 Å². The number of rotatable bonds is 9. The highest BCUT2D eigenvalue weighted by Gasteiger charge is 2.25. The van der Waals surface area contributed by atoms with E-state index in [0.717, 1.165) is 68.1 Å². The highest BCUT2D eigenvalue weighted by Crippen LogP contribution is 2.30. The Morgan fingerprint density at radius 3 is 2.61 bits per heavy atom. The van der Waals surface area contributed by atoms with Crippen LogP contribution in [0.15, 0.2) is 40.9 Å². The smallest absolute Gasteiger partial charge is 0.250 e. The number of anilines is 4. The second-order valence-electron chi connectivity index (χ2n) is 10.8. The minimum Gasteiger partial charge on any atom is -0.378 e. The van der Waals surface area contributed by atoms with Gasteiger partial charge >= 0.3 is 0 Å². The molecular formula is C28H36N8O3S2. The van der Waals surface area contributed by atoms with Gasteiger partial charge in [0.15, 0.2) is 11.5 Å². The van der Waals surface area contributed by atoms with Crippen LogP contribution in [0.3, 0.4) is 0 Å². The monoisotopic (exact) mass is 596 g/mol. The van der Waals surface area contributed by atoms with E-state index in [1.54, 1.807) is 12.4 Å². The van der Waals surface area contributed by atoms with Crippen molar-refractivity contribution in [2.24, 2.45) is 5.92 Å². The molecule has 4 N–H and O–H groups in total. The molecule has 41 heavy (non-hydrogen) atoms. The number of aromatic nitrogens is 4. The molecule has 1 aromatic carbocycles. The summed E-state index contributed by atoms with van der Waals surface area (Å²) in [6, 6.07) is 10.1. The van der Waals surface area contributed by atoms with E-state index >= 15 is 0 Å². The van der Waals surface area contributed by atoms with Gasteiger partial charge in [0, 0.05) is 41.9 Å². The Bertz CT molecular complexity index is 1610. The molecule has 1 saturated heterocycles. The Morgan fingerprint density at radius 2 is 1.88 bits per heavy atom. The van der Waals surface area contributed by atoms with Gasteiger partial charge in [0.25, 0.3) is 0 Å². The van der Waals surface area contributed by atoms with Gasteiger partial charge in [-0.1, -0.05) is 0 Å². The summed E-state index contributed by atoms with van der Waals surface area (Å²) in [4.78, 5) is 20.4. The van der Waals surface area contributed by atoms with Crippen molar-refractivity contribution in [1.82, 2.24) is 24.7 Å². The number of hydrogen-bond acceptors (Lipinski definition) is 10. The standard InChI is InChI=1S/C28H36N8O3S2/c1-18-15-22(36-11-13-39-14-12-36)8-9-23(18)33-28-34-26-25(29-17-30-26)27(35-28)32-21-6-4-20(5-7-21)16-31-41(37,38)24-10-3-19(2)40-24/h3,8-10,15,17,20-21,31H,4-7,11-14,16H2,1-2H3,(H3,29,30,32,33,34,35)/t20-,21-. The fourth-order valence-corrected chi connectivity index (χ4v) is 7.92. The fourth-order valence-electron chi connectivity index (χ4n) is 5.48. The first-order chi connectivity index (χ1) is 19.8. The summed E-state index contributed by atoms with van der Waals surface area (Å²) in [5.74, 6) is 1.50. The fraction of sp³-hybridized carbons (Fsp3) is 0.464. The third-order valence-corrected chi connectivity index (χ3v) is 10.8. The summed E-state index contributed by atoms with van der Waals surface area (Å²) in [6.07, 6.45) is 5.34. The van der Waals surface area contributed by atoms with Crippen LogP contribution < -0.4 is 20.3 Å². The number of benzene rings is 1. The second-order valence-corrected chi connectivity index (χ2v) is 14.1. The lowest BCUT2D eigenvalue weighted by molar-refractivity contribution is 0.122. The van der Waals surface area contributed by atoms with Crippen molar-refractivity contribution in [3.63, 3.8) is 0 Å². The Balaban J connectivity index is 1.08. The number of aryl methyl sites for hydroxylation is 2. The summed E-state index contributed by atoms with van der Waals surface area (Å²) < 4.78 is 33.9. The largest absolute Gasteiger partial charge is 0.378 e. The van der Waals surface area contributed by atoms with Gasteiger partial charge in [-0.15, -0.1) is 11.3 Å². The van der Waals surface area contributed by atoms with Crippen molar-refractivity contribution >= 4 is 55.7 Å². The van der Waals surface area contributed by atoms with E-state index in [2.05, 4.69) is 60.3 Å². The molecule has 0 radical (unpaired) electrons. The molecule has 0 unspecified atom stereocenters. The summed E-state index contributed by atoms with van der Waals surface area (Å²) in [5, 5.41) is 6.99. The number of morpholine rings is 1. The molecule has 4 aromatic rings. The normalized spacial score (nSPS) is 19.9. The van der Waals surface area contributed by atoms with Crippen LogP contribution in [0, 0.1) is 19.8 Å².